The van der Waals surface area contributed by atoms with Crippen LogP contribution in [0.25, 0.3) is 5.70 Å². The monoisotopic (exact) mass is 503 g/mol. The fraction of sp³-hybridized carbons (Fsp3) is 0.467. The number of rotatable bonds is 6. The van der Waals surface area contributed by atoms with Gasteiger partial charge in [0.1, 0.15) is 11.9 Å². The third kappa shape index (κ3) is 4.85. The predicted molar refractivity (Wildman–Crippen MR) is 149 cm³/mol. The van der Waals surface area contributed by atoms with Gasteiger partial charge in [0.15, 0.2) is 5.69 Å². The van der Waals surface area contributed by atoms with E-state index in [0.29, 0.717) is 6.04 Å². The second-order valence-corrected chi connectivity index (χ2v) is 11.4. The number of carbonyl (C=O) groups excluding carboxylic acids is 1. The number of hydrogen-bond acceptors (Lipinski definition) is 3. The van der Waals surface area contributed by atoms with Gasteiger partial charge in [-0.3, -0.25) is 4.79 Å². The summed E-state index contributed by atoms with van der Waals surface area (Å²) in [6, 6.07) is 0.342. The predicted octanol–water partition coefficient (Wildman–Crippen LogP) is 4.93. The van der Waals surface area contributed by atoms with Gasteiger partial charge >= 0.3 is 0 Å². The van der Waals surface area contributed by atoms with Crippen molar-refractivity contribution in [2.75, 3.05) is 26.7 Å². The lowest BCUT2D eigenvalue weighted by Gasteiger charge is -2.35. The largest absolute Gasteiger partial charge is 0.342 e. The van der Waals surface area contributed by atoms with E-state index in [0.717, 1.165) is 45.3 Å². The van der Waals surface area contributed by atoms with E-state index in [9.17, 15) is 4.79 Å². The highest BCUT2D eigenvalue weighted by Gasteiger charge is 2.43. The second kappa shape index (κ2) is 10.8. The summed E-state index contributed by atoms with van der Waals surface area (Å²) in [5.41, 5.74) is 4.06. The molecule has 1 amide bonds. The Bertz CT molecular complexity index is 1200. The van der Waals surface area contributed by atoms with E-state index < -0.39 is 0 Å². The van der Waals surface area contributed by atoms with Crippen molar-refractivity contribution in [2.45, 2.75) is 52.5 Å². The Kier molecular flexibility index (Phi) is 7.54. The molecule has 2 unspecified atom stereocenters. The smallest absolute Gasteiger partial charge is 0.277 e. The lowest BCUT2D eigenvalue weighted by atomic mass is 9.87. The zero-order valence-electron chi connectivity index (χ0n) is 22.1. The van der Waals surface area contributed by atoms with Crippen molar-refractivity contribution in [2.24, 2.45) is 11.8 Å². The molecule has 4 aliphatic rings. The minimum Gasteiger partial charge on any atom is -0.342 e. The molecule has 0 radical (unpaired) electrons. The van der Waals surface area contributed by atoms with Crippen LogP contribution in [-0.4, -0.2) is 52.4 Å². The molecule has 36 heavy (non-hydrogen) atoms. The summed E-state index contributed by atoms with van der Waals surface area (Å²) >= 11 is 1.81. The van der Waals surface area contributed by atoms with Crippen molar-refractivity contribution >= 4 is 23.6 Å². The van der Waals surface area contributed by atoms with Crippen LogP contribution in [0.15, 0.2) is 71.4 Å². The highest BCUT2D eigenvalue weighted by molar-refractivity contribution is 8.01. The number of carbonyl (C=O) groups is 1. The number of nitrogens with zero attached hydrogens (tertiary/aromatic N) is 4. The SMILES string of the molecule is CCCN(CC)C(=O)[C@@H]1C=CC2C3=CC=CCc4n(SC5=CC=C(C)CC=C5)cc([n+]43)CC2N(C)C1. The van der Waals surface area contributed by atoms with E-state index in [1.54, 1.807) is 11.9 Å². The third-order valence-electron chi connectivity index (χ3n) is 7.77. The summed E-state index contributed by atoms with van der Waals surface area (Å²) in [5, 5.41) is 0. The van der Waals surface area contributed by atoms with Crippen LogP contribution >= 0.6 is 11.9 Å². The van der Waals surface area contributed by atoms with Crippen LogP contribution in [0.2, 0.25) is 0 Å². The molecule has 0 N–H and O–H groups in total. The molecule has 0 aromatic carbocycles. The number of aromatic nitrogens is 2. The van der Waals surface area contributed by atoms with Gasteiger partial charge in [0.2, 0.25) is 5.91 Å². The summed E-state index contributed by atoms with van der Waals surface area (Å²) in [6.45, 7) is 8.79. The molecule has 190 valence electrons. The van der Waals surface area contributed by atoms with E-state index in [1.165, 1.54) is 27.7 Å². The lowest BCUT2D eigenvalue weighted by molar-refractivity contribution is -0.606. The van der Waals surface area contributed by atoms with Crippen molar-refractivity contribution in [3.8, 4) is 0 Å². The molecule has 6 heteroatoms. The van der Waals surface area contributed by atoms with Crippen LogP contribution in [0.1, 0.15) is 45.1 Å². The summed E-state index contributed by atoms with van der Waals surface area (Å²) in [4.78, 5) is 19.0. The van der Waals surface area contributed by atoms with Crippen molar-refractivity contribution in [3.05, 3.63) is 82.9 Å². The number of hydrogen-bond donors (Lipinski definition) is 0. The van der Waals surface area contributed by atoms with Crippen LogP contribution in [0.4, 0.5) is 0 Å². The number of likely N-dealkylation sites (N-methyl/N-ethyl adjacent to an activating group) is 1. The Morgan fingerprint density at radius 3 is 2.83 bits per heavy atom. The molecule has 5 nitrogen and oxygen atoms in total. The van der Waals surface area contributed by atoms with Crippen LogP contribution in [0.3, 0.4) is 0 Å². The van der Waals surface area contributed by atoms with Crippen LogP contribution in [0, 0.1) is 11.8 Å². The Labute approximate surface area is 220 Å². The van der Waals surface area contributed by atoms with Gasteiger partial charge in [0.05, 0.1) is 35.1 Å². The summed E-state index contributed by atoms with van der Waals surface area (Å²) in [6.07, 6.45) is 26.5. The first-order valence-corrected chi connectivity index (χ1v) is 14.2. The van der Waals surface area contributed by atoms with Gasteiger partial charge in [-0.05, 0) is 52.0 Å². The van der Waals surface area contributed by atoms with Crippen LogP contribution in [0.5, 0.6) is 0 Å². The molecule has 0 saturated carbocycles. The Balaban J connectivity index is 1.47. The van der Waals surface area contributed by atoms with E-state index in [-0.39, 0.29) is 17.7 Å². The number of fused-ring (bicyclic) bond motifs is 2. The molecule has 0 fully saturated rings. The van der Waals surface area contributed by atoms with E-state index in [1.807, 2.05) is 4.90 Å². The molecule has 3 atom stereocenters. The first-order chi connectivity index (χ1) is 17.5. The van der Waals surface area contributed by atoms with E-state index in [2.05, 4.69) is 102 Å². The summed E-state index contributed by atoms with van der Waals surface area (Å²) in [5.74, 6) is 1.75. The molecule has 0 saturated heterocycles. The minimum atomic E-state index is -0.0844. The van der Waals surface area contributed by atoms with Crippen LogP contribution in [-0.2, 0) is 17.6 Å². The average Bonchev–Trinajstić information content (AvgIpc) is 3.07. The molecular weight excluding hydrogens is 464 g/mol. The summed E-state index contributed by atoms with van der Waals surface area (Å²) in [7, 11) is 2.20. The van der Waals surface area contributed by atoms with Crippen molar-refractivity contribution in [1.82, 2.24) is 13.8 Å². The van der Waals surface area contributed by atoms with Gasteiger partial charge in [-0.25, -0.2) is 0 Å². The van der Waals surface area contributed by atoms with Crippen LogP contribution < -0.4 is 4.57 Å². The highest BCUT2D eigenvalue weighted by atomic mass is 32.2. The number of imidazole rings is 1. The van der Waals surface area contributed by atoms with Crippen molar-refractivity contribution in [1.29, 1.82) is 0 Å². The topological polar surface area (TPSA) is 32.4 Å². The quantitative estimate of drug-likeness (QED) is 0.408. The number of allylic oxidation sites excluding steroid dienone is 8. The van der Waals surface area contributed by atoms with Gasteiger partial charge in [0, 0.05) is 32.1 Å². The normalized spacial score (nSPS) is 25.1. The molecule has 1 aromatic rings. The molecular formula is C30H39N4OS+. The Morgan fingerprint density at radius 2 is 2.03 bits per heavy atom. The summed E-state index contributed by atoms with van der Waals surface area (Å²) < 4.78 is 4.86. The minimum absolute atomic E-state index is 0.0844. The fourth-order valence-electron chi connectivity index (χ4n) is 5.85. The first-order valence-electron chi connectivity index (χ1n) is 13.4. The number of amides is 1. The maximum atomic E-state index is 13.3. The Hall–Kier alpha value is -2.57. The molecule has 1 aromatic heterocycles. The molecule has 0 spiro atoms. The second-order valence-electron chi connectivity index (χ2n) is 10.3. The zero-order chi connectivity index (χ0) is 25.2. The first kappa shape index (κ1) is 25.1. The highest BCUT2D eigenvalue weighted by Crippen LogP contribution is 2.35. The molecule has 0 bridgehead atoms. The van der Waals surface area contributed by atoms with Gasteiger partial charge in [-0.15, -0.1) is 0 Å². The maximum Gasteiger partial charge on any atom is 0.277 e. The van der Waals surface area contributed by atoms with E-state index in [4.69, 9.17) is 0 Å². The van der Waals surface area contributed by atoms with Gasteiger partial charge in [-0.1, -0.05) is 49.0 Å². The van der Waals surface area contributed by atoms with Crippen molar-refractivity contribution < 1.29 is 9.36 Å². The molecule has 3 aliphatic heterocycles. The van der Waals surface area contributed by atoms with Gasteiger partial charge in [-0.2, -0.15) is 8.54 Å². The van der Waals surface area contributed by atoms with Gasteiger partial charge < -0.3 is 9.80 Å². The maximum absolute atomic E-state index is 13.3. The molecule has 5 rings (SSSR count). The fourth-order valence-corrected chi connectivity index (χ4v) is 6.80. The zero-order valence-corrected chi connectivity index (χ0v) is 22.9. The molecule has 4 heterocycles. The average molecular weight is 504 g/mol. The Morgan fingerprint density at radius 1 is 1.17 bits per heavy atom. The third-order valence-corrected chi connectivity index (χ3v) is 8.76. The van der Waals surface area contributed by atoms with E-state index >= 15 is 0 Å². The van der Waals surface area contributed by atoms with Crippen molar-refractivity contribution in [3.63, 3.8) is 0 Å². The standard InChI is InChI=1S/C30H39N4OS/c1-5-18-32(6-2)30(35)23-15-17-26-27-12-7-8-13-29-33(36-25-11-9-10-22(3)14-16-25)21-24(34(27)29)19-28(26)31(4)20-23/h7-9,11-12,14-17,21,23,26,28H,5-6,10,13,18-20H2,1-4H3/q+1/t23-,26?,28?/m1/s1. The molecule has 1 aliphatic carbocycles. The van der Waals surface area contributed by atoms with Gasteiger partial charge in [0.25, 0.3) is 5.82 Å². The lowest BCUT2D eigenvalue weighted by Crippen LogP contribution is -2.54.